The molecule has 5 rings (SSSR count). The average Bonchev–Trinajstić information content (AvgIpc) is 3.42. The Bertz CT molecular complexity index is 1150. The number of pyridine rings is 1. The predicted octanol–water partition coefficient (Wildman–Crippen LogP) is 1.97. The second-order valence-corrected chi connectivity index (χ2v) is 7.88. The van der Waals surface area contributed by atoms with Crippen molar-refractivity contribution in [2.75, 3.05) is 5.73 Å². The van der Waals surface area contributed by atoms with Crippen molar-refractivity contribution in [3.63, 3.8) is 0 Å². The highest BCUT2D eigenvalue weighted by Crippen LogP contribution is 2.39. The second-order valence-electron chi connectivity index (χ2n) is 7.88. The van der Waals surface area contributed by atoms with E-state index < -0.39 is 12.2 Å². The molecule has 4 aromatic heterocycles. The molecule has 4 N–H and O–H groups in total. The van der Waals surface area contributed by atoms with Gasteiger partial charge in [0.25, 0.3) is 0 Å². The van der Waals surface area contributed by atoms with Crippen molar-refractivity contribution in [1.82, 2.24) is 23.9 Å². The standard InChI is InChI=1S/C21H24N6O2/c22-20-15-5-8-27(21(15)25-12-24-20)16-11-14(18(28)19(16)29)3-1-2-13-4-7-26-9-6-23-17(26)10-13/h4-10,12,14,16,18-19,28-29H,1-3,11H2,(H2,22,24,25)/t14-,16+,18+,19-/m0/s1. The minimum absolute atomic E-state index is 0.0433. The number of imidazole rings is 1. The number of rotatable bonds is 5. The molecule has 0 spiro atoms. The third-order valence-corrected chi connectivity index (χ3v) is 6.17. The molecule has 0 aromatic carbocycles. The molecular formula is C21H24N6O2. The zero-order valence-electron chi connectivity index (χ0n) is 16.0. The number of hydrogen-bond donors (Lipinski definition) is 3. The minimum atomic E-state index is -0.826. The monoisotopic (exact) mass is 392 g/mol. The number of aliphatic hydroxyl groups is 2. The molecule has 1 aliphatic carbocycles. The van der Waals surface area contributed by atoms with Crippen LogP contribution in [0.4, 0.5) is 5.82 Å². The second kappa shape index (κ2) is 7.13. The highest BCUT2D eigenvalue weighted by atomic mass is 16.3. The lowest BCUT2D eigenvalue weighted by atomic mass is 9.96. The van der Waals surface area contributed by atoms with Crippen LogP contribution in [-0.2, 0) is 6.42 Å². The summed E-state index contributed by atoms with van der Waals surface area (Å²) in [5.41, 5.74) is 8.80. The topological polar surface area (TPSA) is 114 Å². The van der Waals surface area contributed by atoms with Gasteiger partial charge in [-0.15, -0.1) is 0 Å². The molecule has 1 saturated carbocycles. The van der Waals surface area contributed by atoms with E-state index in [0.717, 1.165) is 30.3 Å². The lowest BCUT2D eigenvalue weighted by Crippen LogP contribution is -2.29. The highest BCUT2D eigenvalue weighted by Gasteiger charge is 2.42. The molecule has 4 atom stereocenters. The number of nitrogens with zero attached hydrogens (tertiary/aromatic N) is 5. The molecular weight excluding hydrogens is 368 g/mol. The summed E-state index contributed by atoms with van der Waals surface area (Å²) in [4.78, 5) is 12.7. The number of nitrogens with two attached hydrogens (primary N) is 1. The molecule has 0 bridgehead atoms. The fraction of sp³-hybridized carbons (Fsp3) is 0.381. The number of aryl methyl sites for hydroxylation is 1. The number of aliphatic hydroxyl groups excluding tert-OH is 2. The molecule has 4 heterocycles. The van der Waals surface area contributed by atoms with Gasteiger partial charge in [0.2, 0.25) is 0 Å². The van der Waals surface area contributed by atoms with Gasteiger partial charge in [-0.3, -0.25) is 0 Å². The van der Waals surface area contributed by atoms with E-state index in [9.17, 15) is 10.2 Å². The number of anilines is 1. The Morgan fingerprint density at radius 1 is 1.07 bits per heavy atom. The van der Waals surface area contributed by atoms with Crippen LogP contribution in [0.25, 0.3) is 16.7 Å². The average molecular weight is 392 g/mol. The molecule has 8 heteroatoms. The van der Waals surface area contributed by atoms with Gasteiger partial charge >= 0.3 is 0 Å². The number of fused-ring (bicyclic) bond motifs is 2. The van der Waals surface area contributed by atoms with E-state index in [1.54, 1.807) is 6.20 Å². The van der Waals surface area contributed by atoms with Gasteiger partial charge in [-0.05, 0) is 55.4 Å². The van der Waals surface area contributed by atoms with E-state index in [0.29, 0.717) is 17.9 Å². The van der Waals surface area contributed by atoms with Crippen LogP contribution in [0.5, 0.6) is 0 Å². The summed E-state index contributed by atoms with van der Waals surface area (Å²) in [6, 6.07) is 5.85. The van der Waals surface area contributed by atoms with Crippen molar-refractivity contribution in [3.05, 3.63) is 54.9 Å². The van der Waals surface area contributed by atoms with Gasteiger partial charge in [0, 0.05) is 24.8 Å². The van der Waals surface area contributed by atoms with Crippen LogP contribution in [0.3, 0.4) is 0 Å². The maximum Gasteiger partial charge on any atom is 0.145 e. The van der Waals surface area contributed by atoms with Gasteiger partial charge in [0.15, 0.2) is 0 Å². The van der Waals surface area contributed by atoms with Crippen LogP contribution in [0.2, 0.25) is 0 Å². The van der Waals surface area contributed by atoms with E-state index >= 15 is 0 Å². The Hall–Kier alpha value is -2.97. The van der Waals surface area contributed by atoms with Crippen molar-refractivity contribution >= 4 is 22.5 Å². The van der Waals surface area contributed by atoms with Crippen LogP contribution >= 0.6 is 0 Å². The summed E-state index contributed by atoms with van der Waals surface area (Å²) in [5.74, 6) is 0.467. The molecule has 0 aliphatic heterocycles. The zero-order chi connectivity index (χ0) is 20.0. The molecule has 0 radical (unpaired) electrons. The summed E-state index contributed by atoms with van der Waals surface area (Å²) < 4.78 is 3.91. The van der Waals surface area contributed by atoms with Crippen molar-refractivity contribution in [2.45, 2.75) is 43.9 Å². The lowest BCUT2D eigenvalue weighted by Gasteiger charge is -2.19. The van der Waals surface area contributed by atoms with Gasteiger partial charge in [-0.25, -0.2) is 15.0 Å². The Morgan fingerprint density at radius 3 is 2.86 bits per heavy atom. The number of aromatic nitrogens is 5. The van der Waals surface area contributed by atoms with Gasteiger partial charge in [0.1, 0.15) is 29.5 Å². The molecule has 150 valence electrons. The predicted molar refractivity (Wildman–Crippen MR) is 109 cm³/mol. The van der Waals surface area contributed by atoms with Crippen LogP contribution in [0.15, 0.2) is 49.3 Å². The summed E-state index contributed by atoms with van der Waals surface area (Å²) in [6.07, 6.45) is 10.9. The third-order valence-electron chi connectivity index (χ3n) is 6.17. The number of nitrogen functional groups attached to an aromatic ring is 1. The molecule has 1 fully saturated rings. The van der Waals surface area contributed by atoms with Gasteiger partial charge in [-0.1, -0.05) is 0 Å². The molecule has 0 saturated heterocycles. The third kappa shape index (κ3) is 3.14. The zero-order valence-corrected chi connectivity index (χ0v) is 16.0. The first kappa shape index (κ1) is 18.1. The molecule has 0 amide bonds. The largest absolute Gasteiger partial charge is 0.390 e. The van der Waals surface area contributed by atoms with E-state index in [1.807, 2.05) is 33.6 Å². The molecule has 1 aliphatic rings. The fourth-order valence-corrected chi connectivity index (χ4v) is 4.60. The quantitative estimate of drug-likeness (QED) is 0.478. The van der Waals surface area contributed by atoms with E-state index in [1.165, 1.54) is 11.9 Å². The van der Waals surface area contributed by atoms with Crippen molar-refractivity contribution in [2.24, 2.45) is 5.92 Å². The van der Waals surface area contributed by atoms with E-state index in [2.05, 4.69) is 27.1 Å². The van der Waals surface area contributed by atoms with Crippen LogP contribution in [-0.4, -0.2) is 46.3 Å². The molecule has 8 nitrogen and oxygen atoms in total. The first-order valence-corrected chi connectivity index (χ1v) is 9.96. The summed E-state index contributed by atoms with van der Waals surface area (Å²) in [7, 11) is 0. The van der Waals surface area contributed by atoms with E-state index in [-0.39, 0.29) is 12.0 Å². The highest BCUT2D eigenvalue weighted by molar-refractivity contribution is 5.86. The Labute approximate surface area is 167 Å². The summed E-state index contributed by atoms with van der Waals surface area (Å²) in [6.45, 7) is 0. The Balaban J connectivity index is 1.27. The first-order valence-electron chi connectivity index (χ1n) is 9.96. The van der Waals surface area contributed by atoms with Crippen LogP contribution in [0.1, 0.15) is 30.9 Å². The SMILES string of the molecule is Nc1ncnc2c1ccn2[C@@H]1C[C@H](CCCc2ccn3ccnc3c2)[C@@H](O)[C@H]1O. The Kier molecular flexibility index (Phi) is 4.44. The van der Waals surface area contributed by atoms with Gasteiger partial charge in [0.05, 0.1) is 17.5 Å². The fourth-order valence-electron chi connectivity index (χ4n) is 4.60. The molecule has 4 aromatic rings. The van der Waals surface area contributed by atoms with Crippen LogP contribution < -0.4 is 5.73 Å². The molecule has 0 unspecified atom stereocenters. The summed E-state index contributed by atoms with van der Waals surface area (Å²) in [5, 5.41) is 22.1. The van der Waals surface area contributed by atoms with Crippen molar-refractivity contribution < 1.29 is 10.2 Å². The van der Waals surface area contributed by atoms with Crippen molar-refractivity contribution in [3.8, 4) is 0 Å². The normalized spacial score (nSPS) is 24.6. The lowest BCUT2D eigenvalue weighted by molar-refractivity contribution is 0.00511. The smallest absolute Gasteiger partial charge is 0.145 e. The van der Waals surface area contributed by atoms with Gasteiger partial charge in [-0.2, -0.15) is 0 Å². The maximum atomic E-state index is 10.7. The molecule has 29 heavy (non-hydrogen) atoms. The maximum absolute atomic E-state index is 10.7. The van der Waals surface area contributed by atoms with E-state index in [4.69, 9.17) is 5.73 Å². The first-order chi connectivity index (χ1) is 14.1. The summed E-state index contributed by atoms with van der Waals surface area (Å²) >= 11 is 0. The van der Waals surface area contributed by atoms with Crippen LogP contribution in [0, 0.1) is 5.92 Å². The Morgan fingerprint density at radius 2 is 1.97 bits per heavy atom. The minimum Gasteiger partial charge on any atom is -0.390 e. The van der Waals surface area contributed by atoms with Crippen molar-refractivity contribution in [1.29, 1.82) is 0 Å². The van der Waals surface area contributed by atoms with Gasteiger partial charge < -0.3 is 24.9 Å². The number of hydrogen-bond acceptors (Lipinski definition) is 6.